The molecule has 8 nitrogen and oxygen atoms in total. The van der Waals surface area contributed by atoms with Gasteiger partial charge in [-0.25, -0.2) is 4.98 Å². The van der Waals surface area contributed by atoms with E-state index in [1.807, 2.05) is 26.0 Å². The summed E-state index contributed by atoms with van der Waals surface area (Å²) in [5, 5.41) is 3.92. The number of aromatic nitrogens is 2. The second kappa shape index (κ2) is 10.1. The number of hydrogen-bond acceptors (Lipinski definition) is 7. The van der Waals surface area contributed by atoms with E-state index < -0.39 is 0 Å². The number of hydrogen-bond donors (Lipinski definition) is 1. The smallest absolute Gasteiger partial charge is 0.262 e. The van der Waals surface area contributed by atoms with Crippen molar-refractivity contribution in [2.45, 2.75) is 38.1 Å². The second-order valence-electron chi connectivity index (χ2n) is 7.55. The van der Waals surface area contributed by atoms with Crippen LogP contribution in [0.4, 0.5) is 5.69 Å². The number of rotatable bonds is 9. The number of nitrogens with one attached hydrogen (secondary N) is 1. The Morgan fingerprint density at radius 2 is 2.03 bits per heavy atom. The van der Waals surface area contributed by atoms with Crippen LogP contribution >= 0.6 is 11.8 Å². The first-order valence-corrected chi connectivity index (χ1v) is 11.4. The monoisotopic (exact) mass is 455 g/mol. The van der Waals surface area contributed by atoms with Gasteiger partial charge >= 0.3 is 0 Å². The lowest BCUT2D eigenvalue weighted by molar-refractivity contribution is -0.113. The molecule has 9 heteroatoms. The number of fused-ring (bicyclic) bond motifs is 2. The summed E-state index contributed by atoms with van der Waals surface area (Å²) in [6, 6.07) is 12.5. The number of carbonyl (C=O) groups excluding carboxylic acids is 1. The zero-order valence-corrected chi connectivity index (χ0v) is 18.8. The topological polar surface area (TPSA) is 91.7 Å². The molecule has 0 aliphatic carbocycles. The number of para-hydroxylation sites is 1. The van der Waals surface area contributed by atoms with Crippen LogP contribution in [0.5, 0.6) is 11.5 Å². The van der Waals surface area contributed by atoms with Crippen molar-refractivity contribution in [3.63, 3.8) is 0 Å². The lowest BCUT2D eigenvalue weighted by atomic mass is 10.2. The van der Waals surface area contributed by atoms with Crippen LogP contribution in [0.1, 0.15) is 20.3 Å². The van der Waals surface area contributed by atoms with Crippen molar-refractivity contribution in [1.29, 1.82) is 0 Å². The molecule has 1 aliphatic heterocycles. The molecule has 2 heterocycles. The van der Waals surface area contributed by atoms with E-state index in [1.165, 1.54) is 11.8 Å². The summed E-state index contributed by atoms with van der Waals surface area (Å²) >= 11 is 1.24. The molecule has 0 unspecified atom stereocenters. The average Bonchev–Trinajstić information content (AvgIpc) is 3.24. The van der Waals surface area contributed by atoms with E-state index in [9.17, 15) is 9.59 Å². The van der Waals surface area contributed by atoms with Crippen LogP contribution in [0.3, 0.4) is 0 Å². The summed E-state index contributed by atoms with van der Waals surface area (Å²) in [6.07, 6.45) is 0.810. The normalized spacial score (nSPS) is 12.5. The molecule has 1 N–H and O–H groups in total. The summed E-state index contributed by atoms with van der Waals surface area (Å²) in [4.78, 5) is 30.3. The van der Waals surface area contributed by atoms with Gasteiger partial charge in [0.1, 0.15) is 0 Å². The Bertz CT molecular complexity index is 1180. The molecule has 0 spiro atoms. The van der Waals surface area contributed by atoms with E-state index in [4.69, 9.17) is 14.2 Å². The molecule has 3 aromatic rings. The third-order valence-electron chi connectivity index (χ3n) is 4.79. The molecule has 1 aliphatic rings. The van der Waals surface area contributed by atoms with Gasteiger partial charge in [0.05, 0.1) is 22.8 Å². The summed E-state index contributed by atoms with van der Waals surface area (Å²) in [6.45, 7) is 5.14. The predicted molar refractivity (Wildman–Crippen MR) is 124 cm³/mol. The molecular formula is C23H25N3O5S. The largest absolute Gasteiger partial charge is 0.454 e. The molecule has 2 aromatic carbocycles. The summed E-state index contributed by atoms with van der Waals surface area (Å²) in [7, 11) is 0. The highest BCUT2D eigenvalue weighted by atomic mass is 32.2. The first-order chi connectivity index (χ1) is 15.5. The van der Waals surface area contributed by atoms with Gasteiger partial charge in [0.2, 0.25) is 12.7 Å². The first kappa shape index (κ1) is 22.2. The van der Waals surface area contributed by atoms with Crippen molar-refractivity contribution in [3.05, 3.63) is 52.8 Å². The predicted octanol–water partition coefficient (Wildman–Crippen LogP) is 3.67. The fourth-order valence-electron chi connectivity index (χ4n) is 3.30. The molecule has 0 bridgehead atoms. The van der Waals surface area contributed by atoms with E-state index >= 15 is 0 Å². The number of carbonyl (C=O) groups is 1. The maximum atomic E-state index is 13.1. The summed E-state index contributed by atoms with van der Waals surface area (Å²) < 4.78 is 17.9. The number of nitrogens with zero attached hydrogens (tertiary/aromatic N) is 2. The molecule has 4 rings (SSSR count). The lowest BCUT2D eigenvalue weighted by Crippen LogP contribution is -2.25. The van der Waals surface area contributed by atoms with E-state index in [2.05, 4.69) is 10.3 Å². The van der Waals surface area contributed by atoms with E-state index in [0.29, 0.717) is 52.8 Å². The van der Waals surface area contributed by atoms with Crippen LogP contribution in [-0.4, -0.2) is 40.7 Å². The quantitative estimate of drug-likeness (QED) is 0.299. The molecule has 0 radical (unpaired) electrons. The molecule has 1 amide bonds. The third-order valence-corrected chi connectivity index (χ3v) is 5.77. The van der Waals surface area contributed by atoms with Gasteiger partial charge in [-0.3, -0.25) is 14.2 Å². The third kappa shape index (κ3) is 5.23. The molecule has 0 saturated heterocycles. The molecular weight excluding hydrogens is 430 g/mol. The Labute approximate surface area is 189 Å². The van der Waals surface area contributed by atoms with E-state index in [-0.39, 0.29) is 30.1 Å². The van der Waals surface area contributed by atoms with Crippen molar-refractivity contribution < 1.29 is 19.0 Å². The Kier molecular flexibility index (Phi) is 6.96. The maximum Gasteiger partial charge on any atom is 0.262 e. The zero-order valence-electron chi connectivity index (χ0n) is 18.0. The van der Waals surface area contributed by atoms with Gasteiger partial charge in [-0.2, -0.15) is 0 Å². The fraction of sp³-hybridized carbons (Fsp3) is 0.348. The van der Waals surface area contributed by atoms with Crippen molar-refractivity contribution in [1.82, 2.24) is 9.55 Å². The van der Waals surface area contributed by atoms with Crippen LogP contribution in [0, 0.1) is 0 Å². The number of amides is 1. The van der Waals surface area contributed by atoms with E-state index in [0.717, 1.165) is 0 Å². The number of ether oxygens (including phenoxy) is 3. The van der Waals surface area contributed by atoms with Gasteiger partial charge < -0.3 is 19.5 Å². The van der Waals surface area contributed by atoms with Gasteiger partial charge in [-0.1, -0.05) is 23.9 Å². The minimum Gasteiger partial charge on any atom is -0.454 e. The zero-order chi connectivity index (χ0) is 22.5. The highest BCUT2D eigenvalue weighted by molar-refractivity contribution is 7.99. The average molecular weight is 456 g/mol. The lowest BCUT2D eigenvalue weighted by Gasteiger charge is -2.14. The van der Waals surface area contributed by atoms with Crippen LogP contribution in [0.25, 0.3) is 10.9 Å². The molecule has 168 valence electrons. The van der Waals surface area contributed by atoms with Crippen molar-refractivity contribution >= 4 is 34.3 Å². The highest BCUT2D eigenvalue weighted by Crippen LogP contribution is 2.34. The van der Waals surface area contributed by atoms with Gasteiger partial charge in [0.15, 0.2) is 16.7 Å². The fourth-order valence-corrected chi connectivity index (χ4v) is 4.12. The summed E-state index contributed by atoms with van der Waals surface area (Å²) in [5.41, 5.74) is 1.12. The van der Waals surface area contributed by atoms with Crippen LogP contribution in [-0.2, 0) is 16.1 Å². The minimum atomic E-state index is -0.203. The van der Waals surface area contributed by atoms with Gasteiger partial charge in [-0.05, 0) is 44.5 Å². The summed E-state index contributed by atoms with van der Waals surface area (Å²) in [5.74, 6) is 1.17. The van der Waals surface area contributed by atoms with Crippen molar-refractivity contribution in [2.75, 3.05) is 24.5 Å². The Morgan fingerprint density at radius 3 is 2.88 bits per heavy atom. The minimum absolute atomic E-state index is 0.112. The van der Waals surface area contributed by atoms with E-state index in [1.54, 1.807) is 34.9 Å². The van der Waals surface area contributed by atoms with Crippen LogP contribution in [0.15, 0.2) is 52.4 Å². The highest BCUT2D eigenvalue weighted by Gasteiger charge is 2.16. The Morgan fingerprint density at radius 1 is 1.22 bits per heavy atom. The number of thioether (sulfide) groups is 1. The number of anilines is 1. The molecule has 0 saturated carbocycles. The second-order valence-corrected chi connectivity index (χ2v) is 8.49. The number of benzene rings is 2. The molecule has 0 atom stereocenters. The van der Waals surface area contributed by atoms with Crippen LogP contribution in [0.2, 0.25) is 0 Å². The van der Waals surface area contributed by atoms with Crippen LogP contribution < -0.4 is 20.3 Å². The molecule has 32 heavy (non-hydrogen) atoms. The SMILES string of the molecule is CC(C)OCCCn1c(SCC(=O)Nc2ccc3c(c2)OCO3)nc2ccccc2c1=O. The molecule has 1 aromatic heterocycles. The maximum absolute atomic E-state index is 13.1. The van der Waals surface area contributed by atoms with Gasteiger partial charge in [0.25, 0.3) is 5.56 Å². The van der Waals surface area contributed by atoms with Crippen molar-refractivity contribution in [3.8, 4) is 11.5 Å². The Hall–Kier alpha value is -3.04. The molecule has 0 fully saturated rings. The standard InChI is InChI=1S/C23H25N3O5S/c1-15(2)29-11-5-10-26-22(28)17-6-3-4-7-18(17)25-23(26)32-13-21(27)24-16-8-9-19-20(12-16)31-14-30-19/h3-4,6-9,12,15H,5,10-11,13-14H2,1-2H3,(H,24,27). The van der Waals surface area contributed by atoms with Gasteiger partial charge in [0, 0.05) is 24.9 Å². The first-order valence-electron chi connectivity index (χ1n) is 10.4. The van der Waals surface area contributed by atoms with Crippen molar-refractivity contribution in [2.24, 2.45) is 0 Å². The Balaban J connectivity index is 1.47. The van der Waals surface area contributed by atoms with Gasteiger partial charge in [-0.15, -0.1) is 0 Å².